The normalized spacial score (nSPS) is 11.1. The number of hydrogen-bond donors (Lipinski definition) is 0. The van der Waals surface area contributed by atoms with Crippen LogP contribution in [-0.2, 0) is 10.0 Å². The Hall–Kier alpha value is -2.32. The van der Waals surface area contributed by atoms with Gasteiger partial charge in [-0.25, -0.2) is 8.42 Å². The second-order valence-electron chi connectivity index (χ2n) is 4.77. The van der Waals surface area contributed by atoms with Crippen molar-refractivity contribution in [2.75, 3.05) is 18.0 Å². The van der Waals surface area contributed by atoms with E-state index in [9.17, 15) is 18.5 Å². The van der Waals surface area contributed by atoms with Crippen molar-refractivity contribution in [3.63, 3.8) is 0 Å². The number of nitrogens with zero attached hydrogens (tertiary/aromatic N) is 2. The lowest BCUT2D eigenvalue weighted by Gasteiger charge is -2.20. The minimum absolute atomic E-state index is 0.0241. The van der Waals surface area contributed by atoms with Crippen LogP contribution in [-0.4, -0.2) is 27.0 Å². The molecule has 0 radical (unpaired) electrons. The van der Waals surface area contributed by atoms with Crippen LogP contribution in [0.15, 0.2) is 47.4 Å². The van der Waals surface area contributed by atoms with E-state index in [1.807, 2.05) is 6.92 Å². The van der Waals surface area contributed by atoms with Crippen LogP contribution < -0.4 is 9.04 Å². The highest BCUT2D eigenvalue weighted by atomic mass is 35.5. The molecule has 0 aliphatic rings. The number of hydrogen-bond acceptors (Lipinski definition) is 5. The lowest BCUT2D eigenvalue weighted by atomic mass is 10.3. The second kappa shape index (κ2) is 7.06. The molecule has 128 valence electrons. The van der Waals surface area contributed by atoms with E-state index in [1.54, 1.807) is 12.1 Å². The highest BCUT2D eigenvalue weighted by Crippen LogP contribution is 2.32. The summed E-state index contributed by atoms with van der Waals surface area (Å²) in [6.45, 7) is 2.29. The first kappa shape index (κ1) is 18.0. The van der Waals surface area contributed by atoms with Crippen LogP contribution in [0, 0.1) is 10.1 Å². The number of rotatable bonds is 6. The molecule has 0 fully saturated rings. The predicted molar refractivity (Wildman–Crippen MR) is 91.3 cm³/mol. The highest BCUT2D eigenvalue weighted by molar-refractivity contribution is 7.92. The minimum Gasteiger partial charge on any atom is -0.494 e. The molecule has 0 bridgehead atoms. The first-order valence-corrected chi connectivity index (χ1v) is 8.75. The molecule has 2 aromatic carbocycles. The fourth-order valence-corrected chi connectivity index (χ4v) is 3.52. The molecule has 7 nitrogen and oxygen atoms in total. The molecule has 2 rings (SSSR count). The average Bonchev–Trinajstić information content (AvgIpc) is 2.55. The van der Waals surface area contributed by atoms with E-state index in [-0.39, 0.29) is 21.3 Å². The smallest absolute Gasteiger partial charge is 0.271 e. The van der Waals surface area contributed by atoms with Crippen LogP contribution >= 0.6 is 11.6 Å². The maximum Gasteiger partial charge on any atom is 0.271 e. The third-order valence-electron chi connectivity index (χ3n) is 3.27. The van der Waals surface area contributed by atoms with Crippen molar-refractivity contribution < 1.29 is 18.1 Å². The van der Waals surface area contributed by atoms with Crippen molar-refractivity contribution in [2.24, 2.45) is 0 Å². The summed E-state index contributed by atoms with van der Waals surface area (Å²) in [5.74, 6) is 0.549. The monoisotopic (exact) mass is 370 g/mol. The molecule has 0 saturated heterocycles. The maximum absolute atomic E-state index is 12.7. The van der Waals surface area contributed by atoms with Crippen molar-refractivity contribution in [3.8, 4) is 5.75 Å². The van der Waals surface area contributed by atoms with Gasteiger partial charge >= 0.3 is 0 Å². The van der Waals surface area contributed by atoms with E-state index in [4.69, 9.17) is 16.3 Å². The first-order chi connectivity index (χ1) is 11.3. The third-order valence-corrected chi connectivity index (χ3v) is 5.38. The van der Waals surface area contributed by atoms with Crippen molar-refractivity contribution in [1.29, 1.82) is 0 Å². The van der Waals surface area contributed by atoms with Gasteiger partial charge in [-0.05, 0) is 37.3 Å². The molecule has 9 heteroatoms. The summed E-state index contributed by atoms with van der Waals surface area (Å²) < 4.78 is 31.6. The van der Waals surface area contributed by atoms with Gasteiger partial charge in [0.05, 0.1) is 27.1 Å². The molecule has 0 spiro atoms. The van der Waals surface area contributed by atoms with Gasteiger partial charge in [0, 0.05) is 19.2 Å². The Morgan fingerprint density at radius 2 is 1.83 bits per heavy atom. The van der Waals surface area contributed by atoms with Crippen LogP contribution in [0.3, 0.4) is 0 Å². The summed E-state index contributed by atoms with van der Waals surface area (Å²) in [4.78, 5) is 10.3. The zero-order valence-electron chi connectivity index (χ0n) is 13.0. The molecule has 0 aliphatic carbocycles. The van der Waals surface area contributed by atoms with Crippen molar-refractivity contribution in [2.45, 2.75) is 11.8 Å². The Kier molecular flexibility index (Phi) is 5.30. The lowest BCUT2D eigenvalue weighted by molar-refractivity contribution is -0.384. The molecule has 24 heavy (non-hydrogen) atoms. The lowest BCUT2D eigenvalue weighted by Crippen LogP contribution is -2.26. The SMILES string of the molecule is CCOc1ccc(S(=O)(=O)N(C)c2cc([N+](=O)[O-])ccc2Cl)cc1. The molecule has 0 aromatic heterocycles. The molecule has 0 saturated carbocycles. The van der Waals surface area contributed by atoms with Gasteiger partial charge in [-0.2, -0.15) is 0 Å². The van der Waals surface area contributed by atoms with Gasteiger partial charge in [-0.1, -0.05) is 11.6 Å². The van der Waals surface area contributed by atoms with Crippen molar-refractivity contribution in [1.82, 2.24) is 0 Å². The zero-order chi connectivity index (χ0) is 17.9. The second-order valence-corrected chi connectivity index (χ2v) is 7.15. The van der Waals surface area contributed by atoms with Crippen LogP contribution in [0.25, 0.3) is 0 Å². The summed E-state index contributed by atoms with van der Waals surface area (Å²) in [6, 6.07) is 9.51. The van der Waals surface area contributed by atoms with E-state index < -0.39 is 14.9 Å². The molecule has 0 unspecified atom stereocenters. The van der Waals surface area contributed by atoms with Gasteiger partial charge in [0.25, 0.3) is 15.7 Å². The van der Waals surface area contributed by atoms with E-state index in [1.165, 1.54) is 31.3 Å². The molecular weight excluding hydrogens is 356 g/mol. The first-order valence-electron chi connectivity index (χ1n) is 6.93. The third kappa shape index (κ3) is 3.60. The maximum atomic E-state index is 12.7. The van der Waals surface area contributed by atoms with Gasteiger partial charge < -0.3 is 4.74 Å². The number of nitro groups is 1. The number of benzene rings is 2. The van der Waals surface area contributed by atoms with E-state index in [0.717, 1.165) is 10.4 Å². The molecule has 0 amide bonds. The average molecular weight is 371 g/mol. The van der Waals surface area contributed by atoms with Gasteiger partial charge in [0.15, 0.2) is 0 Å². The summed E-state index contributed by atoms with van der Waals surface area (Å²) in [5, 5.41) is 11.0. The quantitative estimate of drug-likeness (QED) is 0.573. The summed E-state index contributed by atoms with van der Waals surface area (Å²) in [7, 11) is -2.63. The number of nitro benzene ring substituents is 1. The highest BCUT2D eigenvalue weighted by Gasteiger charge is 2.24. The van der Waals surface area contributed by atoms with E-state index in [0.29, 0.717) is 12.4 Å². The molecule has 0 atom stereocenters. The summed E-state index contributed by atoms with van der Waals surface area (Å²) in [6.07, 6.45) is 0. The van der Waals surface area contributed by atoms with Crippen LogP contribution in [0.2, 0.25) is 5.02 Å². The largest absolute Gasteiger partial charge is 0.494 e. The van der Waals surface area contributed by atoms with Gasteiger partial charge in [0.2, 0.25) is 0 Å². The van der Waals surface area contributed by atoms with E-state index >= 15 is 0 Å². The van der Waals surface area contributed by atoms with Gasteiger partial charge in [-0.3, -0.25) is 14.4 Å². The van der Waals surface area contributed by atoms with Crippen LogP contribution in [0.5, 0.6) is 5.75 Å². The van der Waals surface area contributed by atoms with Crippen molar-refractivity contribution in [3.05, 3.63) is 57.6 Å². The summed E-state index contributed by atoms with van der Waals surface area (Å²) >= 11 is 6.01. The molecule has 0 aliphatic heterocycles. The van der Waals surface area contributed by atoms with Crippen LogP contribution in [0.4, 0.5) is 11.4 Å². The fraction of sp³-hybridized carbons (Fsp3) is 0.200. The number of ether oxygens (including phenoxy) is 1. The number of sulfonamides is 1. The predicted octanol–water partition coefficient (Wildman–Crippen LogP) is 3.47. The molecule has 0 N–H and O–H groups in total. The number of anilines is 1. The summed E-state index contributed by atoms with van der Waals surface area (Å²) in [5.41, 5.74) is -0.220. The van der Waals surface area contributed by atoms with E-state index in [2.05, 4.69) is 0 Å². The fourth-order valence-electron chi connectivity index (χ4n) is 2.02. The Morgan fingerprint density at radius 1 is 1.21 bits per heavy atom. The zero-order valence-corrected chi connectivity index (χ0v) is 14.5. The standard InChI is InChI=1S/C15H15ClN2O5S/c1-3-23-12-5-7-13(8-6-12)24(21,22)17(2)15-10-11(18(19)20)4-9-14(15)16/h4-10H,3H2,1-2H3. The topological polar surface area (TPSA) is 89.8 Å². The Morgan fingerprint density at radius 3 is 2.38 bits per heavy atom. The molecule has 0 heterocycles. The Labute approximate surface area is 144 Å². The number of non-ortho nitro benzene ring substituents is 1. The minimum atomic E-state index is -3.92. The van der Waals surface area contributed by atoms with Gasteiger partial charge in [-0.15, -0.1) is 0 Å². The Bertz CT molecular complexity index is 853. The number of halogens is 1. The Balaban J connectivity index is 2.42. The molecular formula is C15H15ClN2O5S. The molecule has 2 aromatic rings. The van der Waals surface area contributed by atoms with Gasteiger partial charge in [0.1, 0.15) is 5.75 Å². The van der Waals surface area contributed by atoms with Crippen LogP contribution in [0.1, 0.15) is 6.92 Å². The van der Waals surface area contributed by atoms with Crippen molar-refractivity contribution >= 4 is 33.0 Å².